The summed E-state index contributed by atoms with van der Waals surface area (Å²) in [6.45, 7) is 7.85. The van der Waals surface area contributed by atoms with Gasteiger partial charge in [-0.15, -0.1) is 0 Å². The lowest BCUT2D eigenvalue weighted by atomic mass is 9.83. The number of nitrogens with one attached hydrogen (secondary N) is 1. The summed E-state index contributed by atoms with van der Waals surface area (Å²) < 4.78 is 5.63. The van der Waals surface area contributed by atoms with Gasteiger partial charge in [0.2, 0.25) is 0 Å². The zero-order chi connectivity index (χ0) is 16.9. The molecule has 126 valence electrons. The fourth-order valence-corrected chi connectivity index (χ4v) is 3.11. The van der Waals surface area contributed by atoms with Gasteiger partial charge in [0.15, 0.2) is 0 Å². The first-order valence-electron chi connectivity index (χ1n) is 8.27. The molecule has 5 heteroatoms. The molecule has 0 spiro atoms. The van der Waals surface area contributed by atoms with E-state index in [4.69, 9.17) is 4.74 Å². The van der Waals surface area contributed by atoms with Crippen molar-refractivity contribution in [2.75, 3.05) is 19.6 Å². The third-order valence-corrected chi connectivity index (χ3v) is 4.58. The third kappa shape index (κ3) is 4.79. The predicted molar refractivity (Wildman–Crippen MR) is 88.1 cm³/mol. The fraction of sp³-hybridized carbons (Fsp3) is 0.556. The van der Waals surface area contributed by atoms with Crippen LogP contribution in [0.15, 0.2) is 24.3 Å². The average Bonchev–Trinajstić information content (AvgIpc) is 2.53. The number of rotatable bonds is 5. The molecule has 23 heavy (non-hydrogen) atoms. The van der Waals surface area contributed by atoms with E-state index in [-0.39, 0.29) is 18.4 Å². The Balaban J connectivity index is 1.85. The quantitative estimate of drug-likeness (QED) is 0.796. The Morgan fingerprint density at radius 3 is 2.57 bits per heavy atom. The van der Waals surface area contributed by atoms with Crippen molar-refractivity contribution in [3.63, 3.8) is 0 Å². The number of hydrogen-bond donors (Lipinski definition) is 2. The van der Waals surface area contributed by atoms with Crippen LogP contribution in [-0.4, -0.2) is 37.1 Å². The standard InChI is InChI=1S/C18H26N2O3/c1-13-6-4-5-7-15(13)17(22)20-12-16(21)23-18(2,3)14-8-10-19-11-9-14/h4-7,14,19H,8-12H2,1-3H3,(H,20,22)/p+1. The first-order chi connectivity index (χ1) is 10.9. The number of quaternary nitrogens is 1. The van der Waals surface area contributed by atoms with E-state index >= 15 is 0 Å². The molecular formula is C18H27N2O3+. The highest BCUT2D eigenvalue weighted by atomic mass is 16.6. The second-order valence-corrected chi connectivity index (χ2v) is 6.72. The topological polar surface area (TPSA) is 72.0 Å². The molecule has 0 aromatic heterocycles. The van der Waals surface area contributed by atoms with Crippen LogP contribution in [0, 0.1) is 12.8 Å². The number of piperidine rings is 1. The number of ether oxygens (including phenoxy) is 1. The molecule has 1 amide bonds. The summed E-state index contributed by atoms with van der Waals surface area (Å²) in [6, 6.07) is 7.31. The lowest BCUT2D eigenvalue weighted by Crippen LogP contribution is -2.86. The smallest absolute Gasteiger partial charge is 0.325 e. The van der Waals surface area contributed by atoms with Gasteiger partial charge in [-0.25, -0.2) is 0 Å². The summed E-state index contributed by atoms with van der Waals surface area (Å²) in [7, 11) is 0. The molecule has 0 aliphatic carbocycles. The normalized spacial score (nSPS) is 16.0. The summed E-state index contributed by atoms with van der Waals surface area (Å²) in [5.41, 5.74) is 0.984. The van der Waals surface area contributed by atoms with E-state index < -0.39 is 5.60 Å². The van der Waals surface area contributed by atoms with Crippen molar-refractivity contribution in [2.45, 2.75) is 39.2 Å². The number of esters is 1. The summed E-state index contributed by atoms with van der Waals surface area (Å²) in [4.78, 5) is 24.2. The van der Waals surface area contributed by atoms with E-state index in [0.29, 0.717) is 11.5 Å². The van der Waals surface area contributed by atoms with Crippen LogP contribution in [0.1, 0.15) is 42.6 Å². The molecule has 5 nitrogen and oxygen atoms in total. The molecule has 0 radical (unpaired) electrons. The molecule has 0 atom stereocenters. The maximum absolute atomic E-state index is 12.1. The van der Waals surface area contributed by atoms with Crippen LogP contribution in [0.25, 0.3) is 0 Å². The van der Waals surface area contributed by atoms with E-state index in [1.54, 1.807) is 6.07 Å². The molecule has 3 N–H and O–H groups in total. The summed E-state index contributed by atoms with van der Waals surface area (Å²) in [5.74, 6) is -0.250. The molecule has 0 saturated carbocycles. The lowest BCUT2D eigenvalue weighted by molar-refractivity contribution is -0.665. The molecular weight excluding hydrogens is 292 g/mol. The van der Waals surface area contributed by atoms with Crippen molar-refractivity contribution in [3.8, 4) is 0 Å². The van der Waals surface area contributed by atoms with Gasteiger partial charge in [-0.05, 0) is 32.4 Å². The average molecular weight is 319 g/mol. The highest BCUT2D eigenvalue weighted by Gasteiger charge is 2.35. The minimum absolute atomic E-state index is 0.102. The zero-order valence-corrected chi connectivity index (χ0v) is 14.2. The second kappa shape index (κ2) is 7.59. The Hall–Kier alpha value is -1.88. The van der Waals surface area contributed by atoms with Crippen molar-refractivity contribution in [1.82, 2.24) is 5.32 Å². The van der Waals surface area contributed by atoms with Crippen molar-refractivity contribution >= 4 is 11.9 Å². The van der Waals surface area contributed by atoms with Crippen LogP contribution in [0.5, 0.6) is 0 Å². The van der Waals surface area contributed by atoms with Crippen molar-refractivity contribution in [1.29, 1.82) is 0 Å². The molecule has 1 fully saturated rings. The maximum Gasteiger partial charge on any atom is 0.325 e. The minimum Gasteiger partial charge on any atom is -0.458 e. The summed E-state index contributed by atoms with van der Waals surface area (Å²) >= 11 is 0. The molecule has 1 aliphatic rings. The van der Waals surface area contributed by atoms with E-state index in [0.717, 1.165) is 31.5 Å². The van der Waals surface area contributed by atoms with E-state index in [1.165, 1.54) is 0 Å². The summed E-state index contributed by atoms with van der Waals surface area (Å²) in [5, 5.41) is 4.93. The number of carbonyl (C=O) groups is 2. The van der Waals surface area contributed by atoms with Crippen LogP contribution in [0.3, 0.4) is 0 Å². The Morgan fingerprint density at radius 2 is 1.91 bits per heavy atom. The lowest BCUT2D eigenvalue weighted by Gasteiger charge is -2.35. The number of amides is 1. The van der Waals surface area contributed by atoms with E-state index in [1.807, 2.05) is 39.0 Å². The van der Waals surface area contributed by atoms with Gasteiger partial charge < -0.3 is 15.4 Å². The molecule has 1 aromatic rings. The summed E-state index contributed by atoms with van der Waals surface area (Å²) in [6.07, 6.45) is 2.10. The number of nitrogens with two attached hydrogens (primary N) is 1. The number of carbonyl (C=O) groups excluding carboxylic acids is 2. The molecule has 1 saturated heterocycles. The van der Waals surface area contributed by atoms with Crippen molar-refractivity contribution in [3.05, 3.63) is 35.4 Å². The second-order valence-electron chi connectivity index (χ2n) is 6.72. The SMILES string of the molecule is Cc1ccccc1C(=O)NCC(=O)OC(C)(C)C1CC[NH2+]CC1. The van der Waals surface area contributed by atoms with Crippen LogP contribution >= 0.6 is 0 Å². The van der Waals surface area contributed by atoms with Gasteiger partial charge in [0.25, 0.3) is 5.91 Å². The van der Waals surface area contributed by atoms with E-state index in [2.05, 4.69) is 10.6 Å². The molecule has 2 rings (SSSR count). The zero-order valence-electron chi connectivity index (χ0n) is 14.2. The van der Waals surface area contributed by atoms with Gasteiger partial charge in [-0.2, -0.15) is 0 Å². The van der Waals surface area contributed by atoms with Gasteiger partial charge in [-0.1, -0.05) is 18.2 Å². The van der Waals surface area contributed by atoms with Gasteiger partial charge in [0.1, 0.15) is 12.1 Å². The van der Waals surface area contributed by atoms with Gasteiger partial charge in [0, 0.05) is 24.3 Å². The number of aryl methyl sites for hydroxylation is 1. The number of benzene rings is 1. The molecule has 1 aliphatic heterocycles. The maximum atomic E-state index is 12.1. The third-order valence-electron chi connectivity index (χ3n) is 4.58. The largest absolute Gasteiger partial charge is 0.458 e. The van der Waals surface area contributed by atoms with E-state index in [9.17, 15) is 9.59 Å². The van der Waals surface area contributed by atoms with Gasteiger partial charge in [-0.3, -0.25) is 9.59 Å². The Labute approximate surface area is 137 Å². The first kappa shape index (κ1) is 17.5. The minimum atomic E-state index is -0.487. The van der Waals surface area contributed by atoms with Gasteiger partial charge in [0.05, 0.1) is 13.1 Å². The predicted octanol–water partition coefficient (Wildman–Crippen LogP) is 1.02. The van der Waals surface area contributed by atoms with Crippen LogP contribution < -0.4 is 10.6 Å². The Kier molecular flexibility index (Phi) is 5.77. The van der Waals surface area contributed by atoms with Gasteiger partial charge >= 0.3 is 5.97 Å². The molecule has 1 heterocycles. The molecule has 0 unspecified atom stereocenters. The van der Waals surface area contributed by atoms with Crippen molar-refractivity contribution in [2.24, 2.45) is 5.92 Å². The van der Waals surface area contributed by atoms with Crippen LogP contribution in [-0.2, 0) is 9.53 Å². The molecule has 0 bridgehead atoms. The highest BCUT2D eigenvalue weighted by molar-refractivity contribution is 5.97. The molecule has 1 aromatic carbocycles. The highest BCUT2D eigenvalue weighted by Crippen LogP contribution is 2.27. The first-order valence-corrected chi connectivity index (χ1v) is 8.27. The van der Waals surface area contributed by atoms with Crippen LogP contribution in [0.2, 0.25) is 0 Å². The Morgan fingerprint density at radius 1 is 1.26 bits per heavy atom. The van der Waals surface area contributed by atoms with Crippen molar-refractivity contribution < 1.29 is 19.6 Å². The Bertz CT molecular complexity index is 563. The monoisotopic (exact) mass is 319 g/mol. The van der Waals surface area contributed by atoms with Crippen LogP contribution in [0.4, 0.5) is 0 Å². The fourth-order valence-electron chi connectivity index (χ4n) is 3.11. The number of hydrogen-bond acceptors (Lipinski definition) is 3.